The smallest absolute Gasteiger partial charge is 0.259 e. The van der Waals surface area contributed by atoms with E-state index in [1.165, 1.54) is 0 Å². The minimum atomic E-state index is -0.395. The van der Waals surface area contributed by atoms with Crippen LogP contribution in [-0.4, -0.2) is 24.6 Å². The van der Waals surface area contributed by atoms with Crippen LogP contribution in [0.4, 0.5) is 0 Å². The number of rotatable bonds is 5. The van der Waals surface area contributed by atoms with E-state index in [1.807, 2.05) is 37.3 Å². The zero-order valence-electron chi connectivity index (χ0n) is 12.5. The Morgan fingerprint density at radius 3 is 2.52 bits per heavy atom. The maximum absolute atomic E-state index is 11.9. The van der Waals surface area contributed by atoms with Gasteiger partial charge in [0.1, 0.15) is 0 Å². The summed E-state index contributed by atoms with van der Waals surface area (Å²) >= 11 is 3.29. The van der Waals surface area contributed by atoms with Gasteiger partial charge in [-0.2, -0.15) is 5.10 Å². The second kappa shape index (κ2) is 8.24. The Labute approximate surface area is 142 Å². The first kappa shape index (κ1) is 16.9. The lowest BCUT2D eigenvalue weighted by atomic mass is 10.2. The monoisotopic (exact) mass is 373 g/mol. The second-order valence-corrected chi connectivity index (χ2v) is 5.72. The van der Waals surface area contributed by atoms with Crippen molar-refractivity contribution in [2.45, 2.75) is 6.92 Å². The molecule has 23 heavy (non-hydrogen) atoms. The van der Waals surface area contributed by atoms with Crippen molar-refractivity contribution in [3.63, 3.8) is 0 Å². The van der Waals surface area contributed by atoms with Crippen LogP contribution in [0.3, 0.4) is 0 Å². The summed E-state index contributed by atoms with van der Waals surface area (Å²) in [6, 6.07) is 14.7. The number of hydrogen-bond acceptors (Lipinski definition) is 3. The van der Waals surface area contributed by atoms with Crippen molar-refractivity contribution in [1.82, 2.24) is 10.7 Å². The van der Waals surface area contributed by atoms with Crippen molar-refractivity contribution < 1.29 is 9.59 Å². The zero-order valence-corrected chi connectivity index (χ0v) is 14.1. The molecule has 6 heteroatoms. The average molecular weight is 374 g/mol. The van der Waals surface area contributed by atoms with E-state index in [0.29, 0.717) is 10.0 Å². The molecule has 0 aliphatic carbocycles. The molecular weight excluding hydrogens is 358 g/mol. The number of nitrogens with one attached hydrogen (secondary N) is 2. The van der Waals surface area contributed by atoms with Gasteiger partial charge in [-0.25, -0.2) is 5.43 Å². The Hall–Kier alpha value is -2.47. The summed E-state index contributed by atoms with van der Waals surface area (Å²) in [6.45, 7) is 1.85. The molecule has 0 radical (unpaired) electrons. The van der Waals surface area contributed by atoms with Gasteiger partial charge in [0.25, 0.3) is 11.8 Å². The molecule has 5 nitrogen and oxygen atoms in total. The molecule has 2 aromatic carbocycles. The van der Waals surface area contributed by atoms with Gasteiger partial charge in [-0.3, -0.25) is 9.59 Å². The quantitative estimate of drug-likeness (QED) is 0.624. The van der Waals surface area contributed by atoms with Gasteiger partial charge in [-0.15, -0.1) is 0 Å². The maximum Gasteiger partial charge on any atom is 0.259 e. The normalized spacial score (nSPS) is 10.5. The third kappa shape index (κ3) is 5.34. The van der Waals surface area contributed by atoms with Gasteiger partial charge in [-0.05, 0) is 40.5 Å². The summed E-state index contributed by atoms with van der Waals surface area (Å²) in [5, 5.41) is 6.40. The fourth-order valence-electron chi connectivity index (χ4n) is 1.77. The Bertz CT molecular complexity index is 727. The maximum atomic E-state index is 11.9. The van der Waals surface area contributed by atoms with Crippen molar-refractivity contribution in [2.24, 2.45) is 5.10 Å². The van der Waals surface area contributed by atoms with E-state index in [0.717, 1.165) is 11.1 Å². The lowest BCUT2D eigenvalue weighted by Crippen LogP contribution is -2.35. The van der Waals surface area contributed by atoms with Crippen LogP contribution >= 0.6 is 15.9 Å². The van der Waals surface area contributed by atoms with Crippen molar-refractivity contribution in [3.05, 3.63) is 69.7 Å². The lowest BCUT2D eigenvalue weighted by molar-refractivity contribution is -0.120. The Kier molecular flexibility index (Phi) is 6.05. The third-order valence-corrected chi connectivity index (χ3v) is 3.70. The highest BCUT2D eigenvalue weighted by Crippen LogP contribution is 2.15. The molecule has 0 aliphatic rings. The van der Waals surface area contributed by atoms with Crippen LogP contribution in [0.1, 0.15) is 21.5 Å². The molecule has 0 aromatic heterocycles. The lowest BCUT2D eigenvalue weighted by Gasteiger charge is -2.05. The highest BCUT2D eigenvalue weighted by molar-refractivity contribution is 9.10. The van der Waals surface area contributed by atoms with E-state index < -0.39 is 5.91 Å². The molecule has 2 aromatic rings. The molecule has 2 amide bonds. The van der Waals surface area contributed by atoms with E-state index in [9.17, 15) is 9.59 Å². The number of nitrogens with zero attached hydrogens (tertiary/aromatic N) is 1. The van der Waals surface area contributed by atoms with Gasteiger partial charge in [0.15, 0.2) is 0 Å². The molecule has 2 rings (SSSR count). The molecular formula is C17H16BrN3O2. The number of hydrogen-bond donors (Lipinski definition) is 2. The summed E-state index contributed by atoms with van der Waals surface area (Å²) in [5.74, 6) is -0.719. The summed E-state index contributed by atoms with van der Waals surface area (Å²) < 4.78 is 0.676. The van der Waals surface area contributed by atoms with Crippen LogP contribution in [-0.2, 0) is 4.79 Å². The number of carbonyl (C=O) groups excluding carboxylic acids is 2. The molecule has 0 unspecified atom stereocenters. The Morgan fingerprint density at radius 2 is 1.83 bits per heavy atom. The highest BCUT2D eigenvalue weighted by atomic mass is 79.9. The third-order valence-electron chi connectivity index (χ3n) is 3.01. The van der Waals surface area contributed by atoms with Crippen LogP contribution in [0.2, 0.25) is 0 Å². The van der Waals surface area contributed by atoms with E-state index in [1.54, 1.807) is 24.4 Å². The molecule has 0 bridgehead atoms. The molecule has 118 valence electrons. The van der Waals surface area contributed by atoms with Gasteiger partial charge in [0.05, 0.1) is 18.3 Å². The Morgan fingerprint density at radius 1 is 1.13 bits per heavy atom. The minimum Gasteiger partial charge on any atom is -0.343 e. The summed E-state index contributed by atoms with van der Waals surface area (Å²) in [7, 11) is 0. The first-order chi connectivity index (χ1) is 11.1. The average Bonchev–Trinajstić information content (AvgIpc) is 2.55. The van der Waals surface area contributed by atoms with E-state index in [2.05, 4.69) is 31.8 Å². The van der Waals surface area contributed by atoms with Crippen molar-refractivity contribution in [2.75, 3.05) is 6.54 Å². The molecule has 0 fully saturated rings. The predicted octanol–water partition coefficient (Wildman–Crippen LogP) is 2.64. The van der Waals surface area contributed by atoms with Crippen LogP contribution in [0.15, 0.2) is 58.1 Å². The van der Waals surface area contributed by atoms with Crippen molar-refractivity contribution in [1.29, 1.82) is 0 Å². The number of hydrazone groups is 1. The largest absolute Gasteiger partial charge is 0.343 e. The first-order valence-corrected chi connectivity index (χ1v) is 7.77. The molecule has 2 N–H and O–H groups in total. The van der Waals surface area contributed by atoms with Crippen molar-refractivity contribution >= 4 is 34.0 Å². The van der Waals surface area contributed by atoms with E-state index in [4.69, 9.17) is 0 Å². The zero-order chi connectivity index (χ0) is 16.7. The second-order valence-electron chi connectivity index (χ2n) is 4.87. The van der Waals surface area contributed by atoms with Gasteiger partial charge in [0.2, 0.25) is 0 Å². The van der Waals surface area contributed by atoms with E-state index in [-0.39, 0.29) is 12.5 Å². The molecule has 0 heterocycles. The number of halogens is 1. The summed E-state index contributed by atoms with van der Waals surface area (Å²) in [5.41, 5.74) is 4.88. The molecule has 0 spiro atoms. The summed E-state index contributed by atoms with van der Waals surface area (Å²) in [4.78, 5) is 23.6. The van der Waals surface area contributed by atoms with Crippen LogP contribution in [0, 0.1) is 6.92 Å². The van der Waals surface area contributed by atoms with Crippen LogP contribution in [0.5, 0.6) is 0 Å². The topological polar surface area (TPSA) is 70.6 Å². The van der Waals surface area contributed by atoms with Crippen LogP contribution < -0.4 is 10.7 Å². The number of carbonyl (C=O) groups is 2. The van der Waals surface area contributed by atoms with Crippen LogP contribution in [0.25, 0.3) is 0 Å². The molecule has 0 atom stereocenters. The van der Waals surface area contributed by atoms with Gasteiger partial charge in [-0.1, -0.05) is 42.0 Å². The Balaban J connectivity index is 1.80. The predicted molar refractivity (Wildman–Crippen MR) is 93.4 cm³/mol. The highest BCUT2D eigenvalue weighted by Gasteiger charge is 2.10. The fraction of sp³-hybridized carbons (Fsp3) is 0.118. The van der Waals surface area contributed by atoms with Gasteiger partial charge in [0, 0.05) is 4.47 Å². The first-order valence-electron chi connectivity index (χ1n) is 6.97. The van der Waals surface area contributed by atoms with E-state index >= 15 is 0 Å². The molecule has 0 aliphatic heterocycles. The number of aryl methyl sites for hydroxylation is 1. The number of benzene rings is 2. The van der Waals surface area contributed by atoms with Crippen molar-refractivity contribution in [3.8, 4) is 0 Å². The molecule has 0 saturated heterocycles. The van der Waals surface area contributed by atoms with Gasteiger partial charge < -0.3 is 5.32 Å². The fourth-order valence-corrected chi connectivity index (χ4v) is 2.24. The molecule has 0 saturated carbocycles. The SMILES string of the molecule is Cc1ccc(/C=N/NC(=O)CNC(=O)c2ccccc2Br)cc1. The standard InChI is InChI=1S/C17H16BrN3O2/c1-12-6-8-13(9-7-12)10-20-21-16(22)11-19-17(23)14-4-2-3-5-15(14)18/h2-10H,11H2,1H3,(H,19,23)(H,21,22)/b20-10+. The van der Waals surface area contributed by atoms with Gasteiger partial charge >= 0.3 is 0 Å². The number of amides is 2. The summed E-state index contributed by atoms with van der Waals surface area (Å²) in [6.07, 6.45) is 1.55. The minimum absolute atomic E-state index is 0.147.